The minimum Gasteiger partial charge on any atom is -0.383 e. The summed E-state index contributed by atoms with van der Waals surface area (Å²) in [5.74, 6) is 5.92. The summed E-state index contributed by atoms with van der Waals surface area (Å²) >= 11 is 1.67. The van der Waals surface area contributed by atoms with Crippen molar-refractivity contribution in [3.05, 3.63) is 16.1 Å². The van der Waals surface area contributed by atoms with Gasteiger partial charge in [-0.1, -0.05) is 0 Å². The number of hydrogen-bond acceptors (Lipinski definition) is 5. The molecule has 1 aromatic rings. The fourth-order valence-electron chi connectivity index (χ4n) is 1.21. The van der Waals surface area contributed by atoms with Crippen LogP contribution in [0.25, 0.3) is 0 Å². The summed E-state index contributed by atoms with van der Waals surface area (Å²) in [6, 6.07) is 0. The van der Waals surface area contributed by atoms with Gasteiger partial charge in [-0.2, -0.15) is 0 Å². The first-order chi connectivity index (χ1) is 8.26. The zero-order valence-corrected chi connectivity index (χ0v) is 11.0. The van der Waals surface area contributed by atoms with Crippen LogP contribution in [0.15, 0.2) is 10.4 Å². The number of nitrogens with zero attached hydrogens (tertiary/aromatic N) is 2. The standard InChI is InChI=1S/C10H19N5OS/c1-8-7-17-9(14-8)3-4-12-10(15-11)13-5-6-16-2/h7H,3-6,11H2,1-2H3,(H2,12,13,15). The predicted octanol–water partition coefficient (Wildman–Crippen LogP) is 0.0493. The quantitative estimate of drug-likeness (QED) is 0.220. The molecule has 0 fully saturated rings. The van der Waals surface area contributed by atoms with E-state index in [-0.39, 0.29) is 0 Å². The number of guanidine groups is 1. The smallest absolute Gasteiger partial charge is 0.205 e. The molecule has 0 radical (unpaired) electrons. The highest BCUT2D eigenvalue weighted by Gasteiger charge is 1.99. The molecule has 4 N–H and O–H groups in total. The molecule has 6 nitrogen and oxygen atoms in total. The highest BCUT2D eigenvalue weighted by Crippen LogP contribution is 2.08. The van der Waals surface area contributed by atoms with E-state index >= 15 is 0 Å². The molecule has 17 heavy (non-hydrogen) atoms. The van der Waals surface area contributed by atoms with Crippen molar-refractivity contribution >= 4 is 17.3 Å². The van der Waals surface area contributed by atoms with Gasteiger partial charge in [0, 0.05) is 31.1 Å². The predicted molar refractivity (Wildman–Crippen MR) is 70.1 cm³/mol. The molecule has 0 atom stereocenters. The number of aliphatic imine (C=N–C) groups is 1. The van der Waals surface area contributed by atoms with Gasteiger partial charge < -0.3 is 10.1 Å². The first-order valence-corrected chi connectivity index (χ1v) is 6.29. The maximum absolute atomic E-state index is 5.34. The fourth-order valence-corrected chi connectivity index (χ4v) is 1.98. The van der Waals surface area contributed by atoms with E-state index in [1.165, 1.54) is 0 Å². The number of thiazole rings is 1. The van der Waals surface area contributed by atoms with Crippen molar-refractivity contribution in [2.75, 3.05) is 26.8 Å². The van der Waals surface area contributed by atoms with Gasteiger partial charge in [-0.05, 0) is 6.92 Å². The third-order valence-electron chi connectivity index (χ3n) is 2.00. The van der Waals surface area contributed by atoms with E-state index < -0.39 is 0 Å². The molecule has 0 bridgehead atoms. The number of nitrogens with two attached hydrogens (primary N) is 1. The Hall–Kier alpha value is -1.18. The van der Waals surface area contributed by atoms with Crippen LogP contribution in [-0.4, -0.2) is 37.7 Å². The average molecular weight is 257 g/mol. The van der Waals surface area contributed by atoms with Crippen LogP contribution < -0.4 is 16.6 Å². The Morgan fingerprint density at radius 1 is 1.65 bits per heavy atom. The van der Waals surface area contributed by atoms with E-state index in [1.54, 1.807) is 18.4 Å². The second kappa shape index (κ2) is 7.99. The van der Waals surface area contributed by atoms with E-state index in [0.717, 1.165) is 23.7 Å². The summed E-state index contributed by atoms with van der Waals surface area (Å²) in [7, 11) is 1.64. The third kappa shape index (κ3) is 5.62. The van der Waals surface area contributed by atoms with Crippen molar-refractivity contribution in [3.8, 4) is 0 Å². The highest BCUT2D eigenvalue weighted by molar-refractivity contribution is 7.09. The van der Waals surface area contributed by atoms with Gasteiger partial charge >= 0.3 is 0 Å². The number of rotatable bonds is 6. The van der Waals surface area contributed by atoms with Crippen LogP contribution in [0.4, 0.5) is 0 Å². The van der Waals surface area contributed by atoms with E-state index in [1.807, 2.05) is 12.3 Å². The van der Waals surface area contributed by atoms with Gasteiger partial charge in [0.2, 0.25) is 5.96 Å². The van der Waals surface area contributed by atoms with E-state index in [0.29, 0.717) is 19.1 Å². The number of aromatic nitrogens is 1. The fraction of sp³-hybridized carbons (Fsp3) is 0.600. The molecule has 0 aliphatic carbocycles. The molecule has 0 aromatic carbocycles. The van der Waals surface area contributed by atoms with Crippen LogP contribution in [0.2, 0.25) is 0 Å². The Balaban J connectivity index is 2.25. The monoisotopic (exact) mass is 257 g/mol. The topological polar surface area (TPSA) is 84.6 Å². The molecular weight excluding hydrogens is 238 g/mol. The van der Waals surface area contributed by atoms with Gasteiger partial charge in [-0.25, -0.2) is 15.8 Å². The molecule has 0 saturated heterocycles. The summed E-state index contributed by atoms with van der Waals surface area (Å²) < 4.78 is 4.90. The molecule has 0 aliphatic heterocycles. The highest BCUT2D eigenvalue weighted by atomic mass is 32.1. The molecule has 0 unspecified atom stereocenters. The molecule has 1 rings (SSSR count). The molecule has 1 heterocycles. The lowest BCUT2D eigenvalue weighted by Gasteiger charge is -2.07. The van der Waals surface area contributed by atoms with Crippen molar-refractivity contribution in [1.29, 1.82) is 0 Å². The summed E-state index contributed by atoms with van der Waals surface area (Å²) in [6.45, 7) is 3.91. The number of nitrogens with one attached hydrogen (secondary N) is 2. The molecule has 7 heteroatoms. The lowest BCUT2D eigenvalue weighted by molar-refractivity contribution is 0.208. The van der Waals surface area contributed by atoms with Gasteiger partial charge in [0.1, 0.15) is 0 Å². The van der Waals surface area contributed by atoms with E-state index in [9.17, 15) is 0 Å². The Labute approximate surface area is 105 Å². The van der Waals surface area contributed by atoms with Gasteiger partial charge in [-0.3, -0.25) is 5.43 Å². The summed E-state index contributed by atoms with van der Waals surface area (Å²) in [5.41, 5.74) is 3.58. The minimum atomic E-state index is 0.579. The second-order valence-electron chi connectivity index (χ2n) is 3.43. The largest absolute Gasteiger partial charge is 0.383 e. The van der Waals surface area contributed by atoms with Gasteiger partial charge in [0.25, 0.3) is 0 Å². The Morgan fingerprint density at radius 2 is 2.47 bits per heavy atom. The Kier molecular flexibility index (Phi) is 6.53. The van der Waals surface area contributed by atoms with Crippen molar-refractivity contribution in [2.24, 2.45) is 10.8 Å². The van der Waals surface area contributed by atoms with Crippen molar-refractivity contribution in [2.45, 2.75) is 13.3 Å². The molecule has 0 aliphatic rings. The maximum Gasteiger partial charge on any atom is 0.205 e. The number of hydrazine groups is 1. The van der Waals surface area contributed by atoms with Crippen LogP contribution in [0, 0.1) is 6.92 Å². The molecule has 96 valence electrons. The van der Waals surface area contributed by atoms with Gasteiger partial charge in [-0.15, -0.1) is 11.3 Å². The van der Waals surface area contributed by atoms with Crippen LogP contribution in [-0.2, 0) is 11.2 Å². The third-order valence-corrected chi connectivity index (χ3v) is 3.03. The first kappa shape index (κ1) is 13.9. The first-order valence-electron chi connectivity index (χ1n) is 5.41. The molecule has 0 amide bonds. The van der Waals surface area contributed by atoms with Crippen LogP contribution in [0.1, 0.15) is 10.7 Å². The zero-order chi connectivity index (χ0) is 12.5. The number of methoxy groups -OCH3 is 1. The normalized spacial score (nSPS) is 11.6. The number of aryl methyl sites for hydroxylation is 1. The van der Waals surface area contributed by atoms with Crippen LogP contribution >= 0.6 is 11.3 Å². The Morgan fingerprint density at radius 3 is 3.06 bits per heavy atom. The van der Waals surface area contributed by atoms with Gasteiger partial charge in [0.05, 0.1) is 18.2 Å². The molecular formula is C10H19N5OS. The minimum absolute atomic E-state index is 0.579. The summed E-state index contributed by atoms with van der Waals surface area (Å²) in [6.07, 6.45) is 0.865. The zero-order valence-electron chi connectivity index (χ0n) is 10.2. The molecule has 0 saturated carbocycles. The summed E-state index contributed by atoms with van der Waals surface area (Å²) in [4.78, 5) is 8.57. The van der Waals surface area contributed by atoms with Crippen molar-refractivity contribution in [3.63, 3.8) is 0 Å². The second-order valence-corrected chi connectivity index (χ2v) is 4.37. The van der Waals surface area contributed by atoms with Crippen molar-refractivity contribution < 1.29 is 4.74 Å². The van der Waals surface area contributed by atoms with Gasteiger partial charge in [0.15, 0.2) is 0 Å². The maximum atomic E-state index is 5.34. The van der Waals surface area contributed by atoms with E-state index in [4.69, 9.17) is 10.6 Å². The Bertz CT molecular complexity index is 352. The SMILES string of the molecule is COCCN=C(NN)NCCc1nc(C)cs1. The van der Waals surface area contributed by atoms with Crippen LogP contribution in [0.5, 0.6) is 0 Å². The lowest BCUT2D eigenvalue weighted by atomic mass is 10.4. The average Bonchev–Trinajstić information content (AvgIpc) is 2.73. The summed E-state index contributed by atoms with van der Waals surface area (Å²) in [5, 5.41) is 6.27. The lowest BCUT2D eigenvalue weighted by Crippen LogP contribution is -2.42. The molecule has 0 spiro atoms. The number of hydrogen-bond donors (Lipinski definition) is 3. The van der Waals surface area contributed by atoms with Crippen molar-refractivity contribution in [1.82, 2.24) is 15.7 Å². The van der Waals surface area contributed by atoms with E-state index in [2.05, 4.69) is 20.7 Å². The number of ether oxygens (including phenoxy) is 1. The van der Waals surface area contributed by atoms with Crippen LogP contribution in [0.3, 0.4) is 0 Å². The molecule has 1 aromatic heterocycles.